The van der Waals surface area contributed by atoms with Crippen LogP contribution in [0.15, 0.2) is 33.9 Å². The van der Waals surface area contributed by atoms with Crippen LogP contribution < -0.4 is 5.73 Å². The molecule has 2 aromatic rings. The number of benzene rings is 1. The summed E-state index contributed by atoms with van der Waals surface area (Å²) in [6.07, 6.45) is 3.41. The van der Waals surface area contributed by atoms with Crippen molar-refractivity contribution in [2.45, 2.75) is 18.4 Å². The average Bonchev–Trinajstić information content (AvgIpc) is 2.79. The van der Waals surface area contributed by atoms with Crippen molar-refractivity contribution >= 4 is 31.6 Å². The van der Waals surface area contributed by atoms with E-state index in [-0.39, 0.29) is 11.4 Å². The van der Waals surface area contributed by atoms with E-state index in [2.05, 4.69) is 20.9 Å². The Balaban J connectivity index is 2.40. The number of hydrogen-bond acceptors (Lipinski definition) is 4. The number of aromatic nitrogens is 2. The third kappa shape index (κ3) is 3.12. The summed E-state index contributed by atoms with van der Waals surface area (Å²) in [7, 11) is -0.285. The fourth-order valence-corrected chi connectivity index (χ4v) is 3.97. The van der Waals surface area contributed by atoms with Crippen molar-refractivity contribution in [1.29, 1.82) is 0 Å². The maximum atomic E-state index is 12.7. The number of anilines is 1. The van der Waals surface area contributed by atoms with Gasteiger partial charge in [0.25, 0.3) is 0 Å². The molecule has 21 heavy (non-hydrogen) atoms. The van der Waals surface area contributed by atoms with Gasteiger partial charge in [0.1, 0.15) is 5.82 Å². The zero-order chi connectivity index (χ0) is 15.8. The van der Waals surface area contributed by atoms with Gasteiger partial charge in [-0.15, -0.1) is 0 Å². The molecule has 1 heterocycles. The molecule has 0 aliphatic heterocycles. The second-order valence-electron chi connectivity index (χ2n) is 4.83. The maximum absolute atomic E-state index is 12.7. The highest BCUT2D eigenvalue weighted by Crippen LogP contribution is 2.28. The standard InChI is InChI=1S/C13H17BrN4O2S/c1-9-11(15)6-10(14)7-12(9)21(19,20)18(3)8-13-16-4-5-17(13)2/h4-7H,8,15H2,1-3H3. The van der Waals surface area contributed by atoms with Crippen LogP contribution in [-0.4, -0.2) is 29.3 Å². The molecule has 0 fully saturated rings. The quantitative estimate of drug-likeness (QED) is 0.830. The molecule has 0 atom stereocenters. The van der Waals surface area contributed by atoms with Crippen LogP contribution in [0.1, 0.15) is 11.4 Å². The molecule has 0 saturated carbocycles. The lowest BCUT2D eigenvalue weighted by molar-refractivity contribution is 0.451. The lowest BCUT2D eigenvalue weighted by atomic mass is 10.2. The number of halogens is 1. The fourth-order valence-electron chi connectivity index (χ4n) is 1.94. The monoisotopic (exact) mass is 372 g/mol. The summed E-state index contributed by atoms with van der Waals surface area (Å²) in [5.41, 5.74) is 6.83. The predicted molar refractivity (Wildman–Crippen MR) is 85.2 cm³/mol. The van der Waals surface area contributed by atoms with Crippen LogP contribution in [0, 0.1) is 6.92 Å². The van der Waals surface area contributed by atoms with Crippen LogP contribution >= 0.6 is 15.9 Å². The first-order valence-electron chi connectivity index (χ1n) is 6.21. The van der Waals surface area contributed by atoms with E-state index in [1.54, 1.807) is 36.0 Å². The molecular formula is C13H17BrN4O2S. The predicted octanol–water partition coefficient (Wildman–Crippen LogP) is 1.89. The second-order valence-corrected chi connectivity index (χ2v) is 7.76. The Morgan fingerprint density at radius 1 is 1.43 bits per heavy atom. The Bertz CT molecular complexity index is 770. The highest BCUT2D eigenvalue weighted by Gasteiger charge is 2.25. The number of imidazole rings is 1. The molecule has 2 N–H and O–H groups in total. The van der Waals surface area contributed by atoms with Crippen molar-refractivity contribution in [1.82, 2.24) is 13.9 Å². The largest absolute Gasteiger partial charge is 0.398 e. The number of nitrogen functional groups attached to an aromatic ring is 1. The first-order valence-corrected chi connectivity index (χ1v) is 8.45. The number of rotatable bonds is 4. The van der Waals surface area contributed by atoms with Crippen LogP contribution in [0.2, 0.25) is 0 Å². The highest BCUT2D eigenvalue weighted by atomic mass is 79.9. The van der Waals surface area contributed by atoms with E-state index >= 15 is 0 Å². The second kappa shape index (κ2) is 5.78. The first kappa shape index (κ1) is 16.0. The van der Waals surface area contributed by atoms with Gasteiger partial charge in [0.2, 0.25) is 10.0 Å². The molecular weight excluding hydrogens is 356 g/mol. The summed E-state index contributed by atoms with van der Waals surface area (Å²) in [6, 6.07) is 3.25. The zero-order valence-electron chi connectivity index (χ0n) is 12.0. The maximum Gasteiger partial charge on any atom is 0.243 e. The van der Waals surface area contributed by atoms with Crippen molar-refractivity contribution in [2.24, 2.45) is 7.05 Å². The van der Waals surface area contributed by atoms with Crippen LogP contribution in [0.4, 0.5) is 5.69 Å². The number of aryl methyl sites for hydroxylation is 1. The minimum atomic E-state index is -3.64. The van der Waals surface area contributed by atoms with Gasteiger partial charge >= 0.3 is 0 Å². The minimum absolute atomic E-state index is 0.192. The topological polar surface area (TPSA) is 81.2 Å². The average molecular weight is 373 g/mol. The molecule has 2 rings (SSSR count). The summed E-state index contributed by atoms with van der Waals surface area (Å²) >= 11 is 3.28. The highest BCUT2D eigenvalue weighted by molar-refractivity contribution is 9.10. The number of sulfonamides is 1. The normalized spacial score (nSPS) is 12.0. The van der Waals surface area contributed by atoms with E-state index in [1.165, 1.54) is 11.4 Å². The van der Waals surface area contributed by atoms with Crippen LogP contribution in [0.3, 0.4) is 0 Å². The van der Waals surface area contributed by atoms with Crippen LogP contribution in [0.5, 0.6) is 0 Å². The minimum Gasteiger partial charge on any atom is -0.398 e. The van der Waals surface area contributed by atoms with Crippen molar-refractivity contribution < 1.29 is 8.42 Å². The molecule has 0 saturated heterocycles. The van der Waals surface area contributed by atoms with E-state index in [9.17, 15) is 8.42 Å². The van der Waals surface area contributed by atoms with Gasteiger partial charge in [-0.3, -0.25) is 0 Å². The SMILES string of the molecule is Cc1c(N)cc(Br)cc1S(=O)(=O)N(C)Cc1nccn1C. The lowest BCUT2D eigenvalue weighted by Gasteiger charge is -2.19. The third-order valence-electron chi connectivity index (χ3n) is 3.34. The number of nitrogens with two attached hydrogens (primary N) is 1. The molecule has 0 radical (unpaired) electrons. The molecule has 114 valence electrons. The molecule has 0 aliphatic rings. The Kier molecular flexibility index (Phi) is 4.40. The van der Waals surface area contributed by atoms with Gasteiger partial charge in [-0.1, -0.05) is 15.9 Å². The summed E-state index contributed by atoms with van der Waals surface area (Å²) in [5, 5.41) is 0. The van der Waals surface area contributed by atoms with E-state index in [1.807, 2.05) is 7.05 Å². The molecule has 1 aromatic heterocycles. The zero-order valence-corrected chi connectivity index (χ0v) is 14.4. The van der Waals surface area contributed by atoms with Gasteiger partial charge < -0.3 is 10.3 Å². The molecule has 6 nitrogen and oxygen atoms in total. The number of nitrogens with zero attached hydrogens (tertiary/aromatic N) is 3. The van der Waals surface area contributed by atoms with Gasteiger partial charge in [-0.05, 0) is 24.6 Å². The Hall–Kier alpha value is -1.38. The first-order chi connectivity index (χ1) is 9.73. The van der Waals surface area contributed by atoms with Crippen molar-refractivity contribution in [3.8, 4) is 0 Å². The van der Waals surface area contributed by atoms with Gasteiger partial charge in [-0.25, -0.2) is 13.4 Å². The Labute approximate surface area is 132 Å². The molecule has 1 aromatic carbocycles. The summed E-state index contributed by atoms with van der Waals surface area (Å²) in [6.45, 7) is 1.89. The van der Waals surface area contributed by atoms with Crippen molar-refractivity contribution in [3.05, 3.63) is 40.4 Å². The van der Waals surface area contributed by atoms with Gasteiger partial charge in [0.05, 0.1) is 11.4 Å². The van der Waals surface area contributed by atoms with Crippen LogP contribution in [0.25, 0.3) is 0 Å². The van der Waals surface area contributed by atoms with E-state index < -0.39 is 10.0 Å². The molecule has 0 spiro atoms. The van der Waals surface area contributed by atoms with E-state index in [4.69, 9.17) is 5.73 Å². The summed E-state index contributed by atoms with van der Waals surface area (Å²) in [5.74, 6) is 0.668. The molecule has 8 heteroatoms. The third-order valence-corrected chi connectivity index (χ3v) is 5.73. The van der Waals surface area contributed by atoms with E-state index in [0.29, 0.717) is 21.5 Å². The van der Waals surface area contributed by atoms with Crippen molar-refractivity contribution in [3.63, 3.8) is 0 Å². The molecule has 0 amide bonds. The van der Waals surface area contributed by atoms with Crippen molar-refractivity contribution in [2.75, 3.05) is 12.8 Å². The number of hydrogen-bond donors (Lipinski definition) is 1. The summed E-state index contributed by atoms with van der Waals surface area (Å²) < 4.78 is 29.1. The molecule has 0 unspecified atom stereocenters. The molecule has 0 aliphatic carbocycles. The Morgan fingerprint density at radius 3 is 2.67 bits per heavy atom. The van der Waals surface area contributed by atoms with Gasteiger partial charge in [0, 0.05) is 36.6 Å². The van der Waals surface area contributed by atoms with E-state index in [0.717, 1.165) is 0 Å². The van der Waals surface area contributed by atoms with Gasteiger partial charge in [-0.2, -0.15) is 4.31 Å². The smallest absolute Gasteiger partial charge is 0.243 e. The van der Waals surface area contributed by atoms with Crippen LogP contribution in [-0.2, 0) is 23.6 Å². The molecule has 0 bridgehead atoms. The fraction of sp³-hybridized carbons (Fsp3) is 0.308. The Morgan fingerprint density at radius 2 is 2.10 bits per heavy atom. The summed E-state index contributed by atoms with van der Waals surface area (Å²) in [4.78, 5) is 4.34. The lowest BCUT2D eigenvalue weighted by Crippen LogP contribution is -2.28. The van der Waals surface area contributed by atoms with Gasteiger partial charge in [0.15, 0.2) is 0 Å².